The van der Waals surface area contributed by atoms with E-state index in [1.807, 2.05) is 6.92 Å². The Morgan fingerprint density at radius 2 is 1.61 bits per heavy atom. The summed E-state index contributed by atoms with van der Waals surface area (Å²) in [5, 5.41) is 10.9. The predicted molar refractivity (Wildman–Crippen MR) is 126 cm³/mol. The number of amides is 1. The molecule has 2 aromatic rings. The molecular formula is C22H25Cl2N3O6. The van der Waals surface area contributed by atoms with Crippen molar-refractivity contribution in [2.45, 2.75) is 26.8 Å². The number of carbonyl (C=O) groups is 2. The lowest BCUT2D eigenvalue weighted by Gasteiger charge is -2.15. The van der Waals surface area contributed by atoms with E-state index in [4.69, 9.17) is 42.1 Å². The van der Waals surface area contributed by atoms with E-state index < -0.39 is 17.7 Å². The molecule has 2 aromatic carbocycles. The molecule has 0 radical (unpaired) electrons. The van der Waals surface area contributed by atoms with Gasteiger partial charge in [-0.15, -0.1) is 0 Å². The molecule has 1 unspecified atom stereocenters. The van der Waals surface area contributed by atoms with E-state index in [1.165, 1.54) is 39.3 Å². The van der Waals surface area contributed by atoms with E-state index in [-0.39, 0.29) is 21.4 Å². The number of ketones is 1. The van der Waals surface area contributed by atoms with Gasteiger partial charge < -0.3 is 24.3 Å². The summed E-state index contributed by atoms with van der Waals surface area (Å²) in [5.41, 5.74) is 0.407. The summed E-state index contributed by atoms with van der Waals surface area (Å²) in [4.78, 5) is 25.0. The number of Topliss-reactive ketones (excluding diaryl/α,β-unsaturated/α-hetero) is 1. The number of nitrogens with one attached hydrogen (secondary N) is 1. The van der Waals surface area contributed by atoms with Gasteiger partial charge in [-0.2, -0.15) is 10.2 Å². The van der Waals surface area contributed by atoms with Crippen molar-refractivity contribution in [3.63, 3.8) is 0 Å². The second-order valence-electron chi connectivity index (χ2n) is 6.53. The number of benzene rings is 2. The molecule has 0 fully saturated rings. The van der Waals surface area contributed by atoms with Gasteiger partial charge in [0.25, 0.3) is 5.91 Å². The smallest absolute Gasteiger partial charge is 0.258 e. The largest absolute Gasteiger partial charge is 0.494 e. The fraction of sp³-hybridized carbons (Fsp3) is 0.364. The maximum Gasteiger partial charge on any atom is 0.258 e. The van der Waals surface area contributed by atoms with Gasteiger partial charge in [0.1, 0.15) is 22.2 Å². The zero-order valence-electron chi connectivity index (χ0n) is 18.9. The first-order chi connectivity index (χ1) is 15.7. The van der Waals surface area contributed by atoms with Crippen LogP contribution in [0.1, 0.15) is 20.8 Å². The minimum atomic E-state index is -1.45. The average molecular weight is 498 g/mol. The Morgan fingerprint density at radius 3 is 2.18 bits per heavy atom. The molecule has 0 spiro atoms. The standard InChI is InChI=1S/C22H25Cl2N3O6/c1-6-32-13-8-16(20(24)19(9-13)33-7-2)25-22(29)21(12(3)28)27-26-15-11-18(31-5)17(30-4)10-14(15)23/h8-11,21H,6-7H2,1-5H3,(H,25,29). The van der Waals surface area contributed by atoms with E-state index in [1.54, 1.807) is 13.0 Å². The summed E-state index contributed by atoms with van der Waals surface area (Å²) >= 11 is 12.6. The highest BCUT2D eigenvalue weighted by molar-refractivity contribution is 6.35. The van der Waals surface area contributed by atoms with Crippen molar-refractivity contribution >= 4 is 46.3 Å². The van der Waals surface area contributed by atoms with Crippen molar-refractivity contribution in [1.29, 1.82) is 0 Å². The van der Waals surface area contributed by atoms with Crippen LogP contribution >= 0.6 is 23.2 Å². The van der Waals surface area contributed by atoms with Crippen LogP contribution in [0.25, 0.3) is 0 Å². The highest BCUT2D eigenvalue weighted by atomic mass is 35.5. The Labute approximate surface area is 202 Å². The van der Waals surface area contributed by atoms with E-state index in [0.717, 1.165) is 0 Å². The van der Waals surface area contributed by atoms with Gasteiger partial charge in [-0.1, -0.05) is 23.2 Å². The van der Waals surface area contributed by atoms with Crippen molar-refractivity contribution in [2.24, 2.45) is 10.2 Å². The third-order valence-electron chi connectivity index (χ3n) is 4.25. The quantitative estimate of drug-likeness (QED) is 0.324. The highest BCUT2D eigenvalue weighted by Gasteiger charge is 2.25. The van der Waals surface area contributed by atoms with E-state index in [2.05, 4.69) is 15.5 Å². The Balaban J connectivity index is 2.34. The number of azo groups is 1. The first-order valence-electron chi connectivity index (χ1n) is 9.98. The van der Waals surface area contributed by atoms with Crippen LogP contribution in [0.15, 0.2) is 34.5 Å². The summed E-state index contributed by atoms with van der Waals surface area (Å²) in [7, 11) is 2.92. The van der Waals surface area contributed by atoms with Gasteiger partial charge in [0.15, 0.2) is 17.3 Å². The summed E-state index contributed by atoms with van der Waals surface area (Å²) in [5.74, 6) is 0.270. The lowest BCUT2D eigenvalue weighted by atomic mass is 10.2. The zero-order valence-corrected chi connectivity index (χ0v) is 20.4. The maximum absolute atomic E-state index is 12.9. The second-order valence-corrected chi connectivity index (χ2v) is 7.31. The number of nitrogens with zero attached hydrogens (tertiary/aromatic N) is 2. The van der Waals surface area contributed by atoms with Gasteiger partial charge in [0, 0.05) is 24.3 Å². The molecule has 9 nitrogen and oxygen atoms in total. The molecule has 1 atom stereocenters. The van der Waals surface area contributed by atoms with Gasteiger partial charge in [0.05, 0.1) is 38.1 Å². The number of hydrogen-bond donors (Lipinski definition) is 1. The molecule has 0 heterocycles. The number of rotatable bonds is 11. The van der Waals surface area contributed by atoms with E-state index in [0.29, 0.717) is 36.2 Å². The molecule has 0 aliphatic heterocycles. The van der Waals surface area contributed by atoms with Gasteiger partial charge >= 0.3 is 0 Å². The van der Waals surface area contributed by atoms with Gasteiger partial charge in [-0.3, -0.25) is 9.59 Å². The molecule has 0 aliphatic rings. The SMILES string of the molecule is CCOc1cc(NC(=O)C(N=Nc2cc(OC)c(OC)cc2Cl)C(C)=O)c(Cl)c(OCC)c1. The zero-order chi connectivity index (χ0) is 24.5. The number of anilines is 1. The van der Waals surface area contributed by atoms with Crippen LogP contribution in [0.5, 0.6) is 23.0 Å². The monoisotopic (exact) mass is 497 g/mol. The lowest BCUT2D eigenvalue weighted by molar-refractivity contribution is -0.126. The van der Waals surface area contributed by atoms with Crippen molar-refractivity contribution in [3.05, 3.63) is 34.3 Å². The first-order valence-corrected chi connectivity index (χ1v) is 10.7. The minimum absolute atomic E-state index is 0.163. The second kappa shape index (κ2) is 12.3. The lowest BCUT2D eigenvalue weighted by Crippen LogP contribution is -2.32. The normalized spacial score (nSPS) is 11.7. The van der Waals surface area contributed by atoms with Crippen LogP contribution in [0.3, 0.4) is 0 Å². The summed E-state index contributed by atoms with van der Waals surface area (Å²) < 4.78 is 21.4. The summed E-state index contributed by atoms with van der Waals surface area (Å²) in [6.07, 6.45) is 0. The van der Waals surface area contributed by atoms with E-state index in [9.17, 15) is 9.59 Å². The molecule has 33 heavy (non-hydrogen) atoms. The molecule has 1 N–H and O–H groups in total. The molecule has 0 aliphatic carbocycles. The molecule has 0 bridgehead atoms. The minimum Gasteiger partial charge on any atom is -0.494 e. The molecule has 1 amide bonds. The van der Waals surface area contributed by atoms with Gasteiger partial charge in [0.2, 0.25) is 6.04 Å². The Morgan fingerprint density at radius 1 is 0.970 bits per heavy atom. The number of ether oxygens (including phenoxy) is 4. The number of halogens is 2. The Hall–Kier alpha value is -3.04. The van der Waals surface area contributed by atoms with Crippen LogP contribution < -0.4 is 24.3 Å². The number of methoxy groups -OCH3 is 2. The van der Waals surface area contributed by atoms with Crippen molar-refractivity contribution in [3.8, 4) is 23.0 Å². The Kier molecular flexibility index (Phi) is 9.74. The van der Waals surface area contributed by atoms with Crippen LogP contribution in [0.2, 0.25) is 10.0 Å². The topological polar surface area (TPSA) is 108 Å². The molecule has 2 rings (SSSR count). The molecule has 0 saturated heterocycles. The van der Waals surface area contributed by atoms with Gasteiger partial charge in [-0.25, -0.2) is 0 Å². The number of carbonyl (C=O) groups excluding carboxylic acids is 2. The molecule has 178 valence electrons. The number of hydrogen-bond acceptors (Lipinski definition) is 8. The van der Waals surface area contributed by atoms with Gasteiger partial charge in [-0.05, 0) is 20.8 Å². The van der Waals surface area contributed by atoms with Crippen LogP contribution in [-0.2, 0) is 9.59 Å². The maximum atomic E-state index is 12.9. The predicted octanol–water partition coefficient (Wildman–Crippen LogP) is 5.49. The highest BCUT2D eigenvalue weighted by Crippen LogP contribution is 2.39. The molecule has 0 aromatic heterocycles. The molecule has 11 heteroatoms. The van der Waals surface area contributed by atoms with Crippen molar-refractivity contribution < 1.29 is 28.5 Å². The Bertz CT molecular complexity index is 1050. The third-order valence-corrected chi connectivity index (χ3v) is 4.94. The van der Waals surface area contributed by atoms with E-state index >= 15 is 0 Å². The van der Waals surface area contributed by atoms with Crippen LogP contribution in [0, 0.1) is 0 Å². The summed E-state index contributed by atoms with van der Waals surface area (Å²) in [6.45, 7) is 5.60. The fourth-order valence-electron chi connectivity index (χ4n) is 2.73. The third kappa shape index (κ3) is 6.72. The van der Waals surface area contributed by atoms with Crippen molar-refractivity contribution in [1.82, 2.24) is 0 Å². The van der Waals surface area contributed by atoms with Crippen molar-refractivity contribution in [2.75, 3.05) is 32.8 Å². The summed E-state index contributed by atoms with van der Waals surface area (Å²) in [6, 6.07) is 4.68. The van der Waals surface area contributed by atoms with Crippen LogP contribution in [0.4, 0.5) is 11.4 Å². The fourth-order valence-corrected chi connectivity index (χ4v) is 3.14. The average Bonchev–Trinajstić information content (AvgIpc) is 2.77. The molecular weight excluding hydrogens is 473 g/mol. The first kappa shape index (κ1) is 26.2. The van der Waals surface area contributed by atoms with Crippen LogP contribution in [-0.4, -0.2) is 45.2 Å². The molecule has 0 saturated carbocycles.